The van der Waals surface area contributed by atoms with Crippen LogP contribution in [0.2, 0.25) is 0 Å². The van der Waals surface area contributed by atoms with Crippen LogP contribution in [0.15, 0.2) is 18.2 Å². The molecule has 0 saturated heterocycles. The zero-order valence-electron chi connectivity index (χ0n) is 9.74. The van der Waals surface area contributed by atoms with Crippen molar-refractivity contribution in [3.05, 3.63) is 28.8 Å². The van der Waals surface area contributed by atoms with Crippen molar-refractivity contribution in [2.75, 3.05) is 0 Å². The van der Waals surface area contributed by atoms with Gasteiger partial charge in [-0.05, 0) is 55.6 Å². The smallest absolute Gasteiger partial charge is 0.178 e. The molecule has 17 heavy (non-hydrogen) atoms. The minimum Gasteiger partial charge on any atom is -0.330 e. The Bertz CT molecular complexity index is 613. The fourth-order valence-corrected chi connectivity index (χ4v) is 3.23. The summed E-state index contributed by atoms with van der Waals surface area (Å²) in [5.41, 5.74) is 1.82. The highest BCUT2D eigenvalue weighted by atomic mass is 32.1. The molecule has 3 rings (SSSR count). The maximum Gasteiger partial charge on any atom is 0.178 e. The van der Waals surface area contributed by atoms with Gasteiger partial charge in [0, 0.05) is 6.04 Å². The zero-order chi connectivity index (χ0) is 12.0. The number of halogens is 1. The van der Waals surface area contributed by atoms with Gasteiger partial charge in [-0.15, -0.1) is 0 Å². The molecular formula is C13H15FN2S. The Morgan fingerprint density at radius 1 is 1.41 bits per heavy atom. The summed E-state index contributed by atoms with van der Waals surface area (Å²) in [7, 11) is 0. The van der Waals surface area contributed by atoms with E-state index >= 15 is 0 Å². The molecule has 2 aromatic rings. The van der Waals surface area contributed by atoms with E-state index in [0.717, 1.165) is 17.0 Å². The van der Waals surface area contributed by atoms with Crippen LogP contribution in [0.25, 0.3) is 11.0 Å². The summed E-state index contributed by atoms with van der Waals surface area (Å²) >= 11 is 5.36. The van der Waals surface area contributed by atoms with Gasteiger partial charge in [-0.1, -0.05) is 6.92 Å². The third-order valence-electron chi connectivity index (χ3n) is 3.71. The van der Waals surface area contributed by atoms with E-state index in [4.69, 9.17) is 12.2 Å². The first-order valence-electron chi connectivity index (χ1n) is 6.05. The quantitative estimate of drug-likeness (QED) is 0.752. The molecule has 1 fully saturated rings. The Balaban J connectivity index is 2.15. The molecule has 0 bridgehead atoms. The molecule has 0 aliphatic heterocycles. The normalized spacial score (nSPS) is 24.6. The highest BCUT2D eigenvalue weighted by Crippen LogP contribution is 2.36. The first-order chi connectivity index (χ1) is 8.15. The van der Waals surface area contributed by atoms with Crippen LogP contribution < -0.4 is 0 Å². The van der Waals surface area contributed by atoms with Gasteiger partial charge in [0.1, 0.15) is 5.82 Å². The van der Waals surface area contributed by atoms with E-state index in [-0.39, 0.29) is 5.82 Å². The molecule has 0 spiro atoms. The van der Waals surface area contributed by atoms with Gasteiger partial charge in [-0.3, -0.25) is 0 Å². The Morgan fingerprint density at radius 2 is 2.24 bits per heavy atom. The number of aromatic amines is 1. The lowest BCUT2D eigenvalue weighted by Crippen LogP contribution is -2.05. The first kappa shape index (κ1) is 11.0. The van der Waals surface area contributed by atoms with E-state index in [9.17, 15) is 4.39 Å². The third kappa shape index (κ3) is 1.80. The number of nitrogens with zero attached hydrogens (tertiary/aromatic N) is 1. The Labute approximate surface area is 104 Å². The second-order valence-corrected chi connectivity index (χ2v) is 5.42. The van der Waals surface area contributed by atoms with Crippen molar-refractivity contribution in [1.82, 2.24) is 9.55 Å². The van der Waals surface area contributed by atoms with Gasteiger partial charge in [0.05, 0.1) is 11.0 Å². The molecule has 1 aliphatic carbocycles. The van der Waals surface area contributed by atoms with E-state index in [2.05, 4.69) is 16.5 Å². The van der Waals surface area contributed by atoms with Gasteiger partial charge in [-0.25, -0.2) is 4.39 Å². The Morgan fingerprint density at radius 3 is 2.94 bits per heavy atom. The second-order valence-electron chi connectivity index (χ2n) is 5.03. The minimum atomic E-state index is -0.222. The van der Waals surface area contributed by atoms with Gasteiger partial charge in [-0.2, -0.15) is 0 Å². The summed E-state index contributed by atoms with van der Waals surface area (Å²) < 4.78 is 16.0. The van der Waals surface area contributed by atoms with E-state index in [1.165, 1.54) is 31.4 Å². The number of imidazole rings is 1. The fourth-order valence-electron chi connectivity index (χ4n) is 2.88. The Hall–Kier alpha value is -1.16. The van der Waals surface area contributed by atoms with Crippen LogP contribution in [0, 0.1) is 16.5 Å². The summed E-state index contributed by atoms with van der Waals surface area (Å²) in [5.74, 6) is 0.535. The van der Waals surface area contributed by atoms with Crippen molar-refractivity contribution >= 4 is 23.3 Å². The van der Waals surface area contributed by atoms with Crippen molar-refractivity contribution in [2.45, 2.75) is 32.2 Å². The molecule has 0 amide bonds. The van der Waals surface area contributed by atoms with Crippen LogP contribution in [0.1, 0.15) is 32.2 Å². The van der Waals surface area contributed by atoms with Gasteiger partial charge in [0.25, 0.3) is 0 Å². The first-order valence-corrected chi connectivity index (χ1v) is 6.46. The lowest BCUT2D eigenvalue weighted by Gasteiger charge is -2.12. The van der Waals surface area contributed by atoms with Crippen molar-refractivity contribution in [1.29, 1.82) is 0 Å². The minimum absolute atomic E-state index is 0.222. The molecule has 1 aromatic heterocycles. The van der Waals surface area contributed by atoms with Crippen LogP contribution >= 0.6 is 12.2 Å². The number of nitrogens with one attached hydrogen (secondary N) is 1. The van der Waals surface area contributed by atoms with E-state index in [0.29, 0.717) is 10.8 Å². The molecule has 2 nitrogen and oxygen atoms in total. The van der Waals surface area contributed by atoms with Gasteiger partial charge >= 0.3 is 0 Å². The summed E-state index contributed by atoms with van der Waals surface area (Å²) in [6.07, 6.45) is 3.58. The highest BCUT2D eigenvalue weighted by molar-refractivity contribution is 7.71. The molecule has 1 N–H and O–H groups in total. The molecule has 1 aromatic carbocycles. The van der Waals surface area contributed by atoms with E-state index in [1.54, 1.807) is 0 Å². The lowest BCUT2D eigenvalue weighted by molar-refractivity contribution is 0.500. The largest absolute Gasteiger partial charge is 0.330 e. The molecule has 1 saturated carbocycles. The number of hydrogen-bond donors (Lipinski definition) is 1. The summed E-state index contributed by atoms with van der Waals surface area (Å²) in [5, 5.41) is 0. The van der Waals surface area contributed by atoms with E-state index < -0.39 is 0 Å². The maximum absolute atomic E-state index is 13.2. The van der Waals surface area contributed by atoms with Gasteiger partial charge in [0.15, 0.2) is 4.77 Å². The third-order valence-corrected chi connectivity index (χ3v) is 4.01. The predicted molar refractivity (Wildman–Crippen MR) is 69.1 cm³/mol. The van der Waals surface area contributed by atoms with Crippen LogP contribution in [0.5, 0.6) is 0 Å². The molecular weight excluding hydrogens is 235 g/mol. The zero-order valence-corrected chi connectivity index (χ0v) is 10.6. The molecule has 4 heteroatoms. The fraction of sp³-hybridized carbons (Fsp3) is 0.462. The average Bonchev–Trinajstić information content (AvgIpc) is 2.80. The van der Waals surface area contributed by atoms with Crippen LogP contribution in [-0.2, 0) is 0 Å². The molecule has 2 unspecified atom stereocenters. The van der Waals surface area contributed by atoms with E-state index in [1.807, 2.05) is 6.07 Å². The summed E-state index contributed by atoms with van der Waals surface area (Å²) in [6, 6.07) is 5.30. The maximum atomic E-state index is 13.2. The molecule has 1 heterocycles. The standard InChI is InChI=1S/C13H15FN2S/c1-8-2-4-10(6-8)16-12-5-3-9(14)7-11(12)15-13(16)17/h3,5,7-8,10H,2,4,6H2,1H3,(H,15,17). The van der Waals surface area contributed by atoms with Gasteiger partial charge in [0.2, 0.25) is 0 Å². The lowest BCUT2D eigenvalue weighted by atomic mass is 10.1. The van der Waals surface area contributed by atoms with Crippen LogP contribution in [0.3, 0.4) is 0 Å². The van der Waals surface area contributed by atoms with Crippen molar-refractivity contribution in [3.63, 3.8) is 0 Å². The topological polar surface area (TPSA) is 20.7 Å². The van der Waals surface area contributed by atoms with Gasteiger partial charge < -0.3 is 9.55 Å². The molecule has 0 radical (unpaired) electrons. The van der Waals surface area contributed by atoms with Crippen molar-refractivity contribution < 1.29 is 4.39 Å². The SMILES string of the molecule is CC1CCC(n2c(=S)[nH]c3cc(F)ccc32)C1. The van der Waals surface area contributed by atoms with Crippen molar-refractivity contribution in [2.24, 2.45) is 5.92 Å². The summed E-state index contributed by atoms with van der Waals surface area (Å²) in [6.45, 7) is 2.28. The average molecular weight is 250 g/mol. The number of hydrogen-bond acceptors (Lipinski definition) is 1. The number of fused-ring (bicyclic) bond motifs is 1. The molecule has 2 atom stereocenters. The predicted octanol–water partition coefficient (Wildman–Crippen LogP) is 4.20. The number of aromatic nitrogens is 2. The van der Waals surface area contributed by atoms with Crippen LogP contribution in [-0.4, -0.2) is 9.55 Å². The Kier molecular flexibility index (Phi) is 2.54. The monoisotopic (exact) mass is 250 g/mol. The second kappa shape index (κ2) is 3.95. The summed E-state index contributed by atoms with van der Waals surface area (Å²) in [4.78, 5) is 3.10. The molecule has 1 aliphatic rings. The van der Waals surface area contributed by atoms with Crippen molar-refractivity contribution in [3.8, 4) is 0 Å². The highest BCUT2D eigenvalue weighted by Gasteiger charge is 2.24. The number of benzene rings is 1. The number of rotatable bonds is 1. The molecule has 90 valence electrons. The number of H-pyrrole nitrogens is 1. The van der Waals surface area contributed by atoms with Crippen LogP contribution in [0.4, 0.5) is 4.39 Å².